The molecule has 2 amide bonds. The lowest BCUT2D eigenvalue weighted by Crippen LogP contribution is -2.43. The van der Waals surface area contributed by atoms with Gasteiger partial charge in [-0.15, -0.1) is 24.0 Å². The molecule has 0 rings (SSSR count). The molecule has 3 N–H and O–H groups in total. The Balaban J connectivity index is 0. The number of nitrogens with one attached hydrogen (secondary N) is 3. The van der Waals surface area contributed by atoms with Crippen LogP contribution >= 0.6 is 24.0 Å². The number of ether oxygens (including phenoxy) is 1. The summed E-state index contributed by atoms with van der Waals surface area (Å²) in [6.07, 6.45) is -0.472. The zero-order valence-electron chi connectivity index (χ0n) is 16.1. The minimum Gasteiger partial charge on any atom is -0.444 e. The molecule has 0 aliphatic heterocycles. The lowest BCUT2D eigenvalue weighted by Gasteiger charge is -2.20. The van der Waals surface area contributed by atoms with Gasteiger partial charge in [0, 0.05) is 33.7 Å². The Labute approximate surface area is 167 Å². The van der Waals surface area contributed by atoms with Crippen LogP contribution in [0.25, 0.3) is 0 Å². The van der Waals surface area contributed by atoms with Crippen molar-refractivity contribution in [3.8, 4) is 0 Å². The van der Waals surface area contributed by atoms with Crippen molar-refractivity contribution in [1.82, 2.24) is 20.9 Å². The smallest absolute Gasteiger partial charge is 0.407 e. The first-order chi connectivity index (χ1) is 11.0. The van der Waals surface area contributed by atoms with Crippen LogP contribution in [0.15, 0.2) is 17.1 Å². The maximum atomic E-state index is 11.6. The van der Waals surface area contributed by atoms with Crippen molar-refractivity contribution >= 4 is 41.9 Å². The standard InChI is InChI=1S/C16H31N5O3.HI/c1-12(2)10-19-14(20-11-13(22)21(6)7)17-8-9-18-15(23)24-16(3,4)5;/h1,8-11H2,2-7H3,(H,18,23)(H2,17,19,20);1H. The van der Waals surface area contributed by atoms with Crippen LogP contribution in [0.4, 0.5) is 4.79 Å². The summed E-state index contributed by atoms with van der Waals surface area (Å²) in [5, 5.41) is 8.75. The van der Waals surface area contributed by atoms with Gasteiger partial charge in [-0.2, -0.15) is 0 Å². The first kappa shape index (κ1) is 25.7. The maximum Gasteiger partial charge on any atom is 0.407 e. The molecular weight excluding hydrogens is 437 g/mol. The van der Waals surface area contributed by atoms with Crippen molar-refractivity contribution in [2.45, 2.75) is 33.3 Å². The largest absolute Gasteiger partial charge is 0.444 e. The van der Waals surface area contributed by atoms with E-state index in [2.05, 4.69) is 27.5 Å². The second kappa shape index (κ2) is 12.8. The maximum absolute atomic E-state index is 11.6. The van der Waals surface area contributed by atoms with Gasteiger partial charge in [-0.05, 0) is 27.7 Å². The van der Waals surface area contributed by atoms with Gasteiger partial charge in [0.1, 0.15) is 12.1 Å². The van der Waals surface area contributed by atoms with Crippen molar-refractivity contribution < 1.29 is 14.3 Å². The SMILES string of the molecule is C=C(C)CNC(=NCC(=O)N(C)C)NCCNC(=O)OC(C)(C)C.I. The van der Waals surface area contributed by atoms with Crippen molar-refractivity contribution in [2.24, 2.45) is 4.99 Å². The van der Waals surface area contributed by atoms with E-state index in [1.54, 1.807) is 34.9 Å². The Bertz CT molecular complexity index is 473. The average molecular weight is 469 g/mol. The average Bonchev–Trinajstić information content (AvgIpc) is 2.42. The van der Waals surface area contributed by atoms with Crippen LogP contribution in [0.1, 0.15) is 27.7 Å². The van der Waals surface area contributed by atoms with Gasteiger partial charge in [0.25, 0.3) is 0 Å². The van der Waals surface area contributed by atoms with Gasteiger partial charge in [0.2, 0.25) is 5.91 Å². The molecule has 0 aliphatic rings. The van der Waals surface area contributed by atoms with Crippen LogP contribution in [0.5, 0.6) is 0 Å². The van der Waals surface area contributed by atoms with Crippen LogP contribution in [0.2, 0.25) is 0 Å². The fourth-order valence-corrected chi connectivity index (χ4v) is 1.36. The number of hydrogen-bond donors (Lipinski definition) is 3. The lowest BCUT2D eigenvalue weighted by atomic mass is 10.2. The van der Waals surface area contributed by atoms with Crippen LogP contribution < -0.4 is 16.0 Å². The Kier molecular flexibility index (Phi) is 13.2. The van der Waals surface area contributed by atoms with Crippen LogP contribution in [0, 0.1) is 0 Å². The number of nitrogens with zero attached hydrogens (tertiary/aromatic N) is 2. The Hall–Kier alpha value is -1.52. The predicted octanol–water partition coefficient (Wildman–Crippen LogP) is 1.33. The molecule has 25 heavy (non-hydrogen) atoms. The molecule has 8 nitrogen and oxygen atoms in total. The summed E-state index contributed by atoms with van der Waals surface area (Å²) >= 11 is 0. The Morgan fingerprint density at radius 3 is 2.16 bits per heavy atom. The summed E-state index contributed by atoms with van der Waals surface area (Å²) in [5.74, 6) is 0.387. The van der Waals surface area contributed by atoms with E-state index >= 15 is 0 Å². The zero-order valence-corrected chi connectivity index (χ0v) is 18.4. The van der Waals surface area contributed by atoms with Gasteiger partial charge < -0.3 is 25.6 Å². The molecule has 0 spiro atoms. The molecule has 0 saturated carbocycles. The summed E-state index contributed by atoms with van der Waals surface area (Å²) in [6, 6.07) is 0. The van der Waals surface area contributed by atoms with E-state index in [0.717, 1.165) is 5.57 Å². The lowest BCUT2D eigenvalue weighted by molar-refractivity contribution is -0.127. The molecule has 9 heteroatoms. The first-order valence-electron chi connectivity index (χ1n) is 7.85. The highest BCUT2D eigenvalue weighted by Gasteiger charge is 2.15. The van der Waals surface area contributed by atoms with Crippen molar-refractivity contribution in [2.75, 3.05) is 40.3 Å². The van der Waals surface area contributed by atoms with E-state index in [1.807, 2.05) is 6.92 Å². The van der Waals surface area contributed by atoms with Crippen molar-refractivity contribution in [3.63, 3.8) is 0 Å². The number of likely N-dealkylation sites (N-methyl/N-ethyl adjacent to an activating group) is 1. The highest BCUT2D eigenvalue weighted by molar-refractivity contribution is 14.0. The molecule has 0 aliphatic carbocycles. The van der Waals surface area contributed by atoms with E-state index in [9.17, 15) is 9.59 Å². The third-order valence-corrected chi connectivity index (χ3v) is 2.51. The van der Waals surface area contributed by atoms with Gasteiger partial charge in [-0.3, -0.25) is 4.79 Å². The minimum absolute atomic E-state index is 0. The van der Waals surface area contributed by atoms with Crippen molar-refractivity contribution in [3.05, 3.63) is 12.2 Å². The van der Waals surface area contributed by atoms with E-state index in [4.69, 9.17) is 4.74 Å². The molecule has 0 fully saturated rings. The fourth-order valence-electron chi connectivity index (χ4n) is 1.36. The molecule has 146 valence electrons. The van der Waals surface area contributed by atoms with Gasteiger partial charge in [0.05, 0.1) is 0 Å². The molecule has 0 saturated heterocycles. The summed E-state index contributed by atoms with van der Waals surface area (Å²) < 4.78 is 5.14. The summed E-state index contributed by atoms with van der Waals surface area (Å²) in [6.45, 7) is 12.5. The van der Waals surface area contributed by atoms with E-state index in [-0.39, 0.29) is 36.4 Å². The second-order valence-corrected chi connectivity index (χ2v) is 6.62. The number of hydrogen-bond acceptors (Lipinski definition) is 4. The quantitative estimate of drug-likeness (QED) is 0.172. The number of halogens is 1. The predicted molar refractivity (Wildman–Crippen MR) is 111 cm³/mol. The molecule has 0 heterocycles. The normalized spacial score (nSPS) is 11.0. The highest BCUT2D eigenvalue weighted by atomic mass is 127. The van der Waals surface area contributed by atoms with Gasteiger partial charge in [0.15, 0.2) is 5.96 Å². The van der Waals surface area contributed by atoms with Crippen molar-refractivity contribution in [1.29, 1.82) is 0 Å². The molecular formula is C16H32IN5O3. The second-order valence-electron chi connectivity index (χ2n) is 6.62. The molecule has 0 aromatic rings. The molecule has 0 bridgehead atoms. The van der Waals surface area contributed by atoms with Crippen LogP contribution in [0.3, 0.4) is 0 Å². The van der Waals surface area contributed by atoms with E-state index in [0.29, 0.717) is 25.6 Å². The third kappa shape index (κ3) is 15.7. The Morgan fingerprint density at radius 1 is 1.12 bits per heavy atom. The summed E-state index contributed by atoms with van der Waals surface area (Å²) in [7, 11) is 3.36. The van der Waals surface area contributed by atoms with Gasteiger partial charge >= 0.3 is 6.09 Å². The number of amides is 2. The van der Waals surface area contributed by atoms with E-state index in [1.165, 1.54) is 4.90 Å². The summed E-state index contributed by atoms with van der Waals surface area (Å²) in [5.41, 5.74) is 0.412. The molecule has 0 radical (unpaired) electrons. The molecule has 0 aromatic carbocycles. The van der Waals surface area contributed by atoms with Crippen LogP contribution in [-0.2, 0) is 9.53 Å². The van der Waals surface area contributed by atoms with Crippen LogP contribution in [-0.4, -0.2) is 68.7 Å². The number of carbonyl (C=O) groups excluding carboxylic acids is 2. The minimum atomic E-state index is -0.528. The number of aliphatic imine (C=N–C) groups is 1. The number of carbonyl (C=O) groups is 2. The number of alkyl carbamates (subject to hydrolysis) is 1. The summed E-state index contributed by atoms with van der Waals surface area (Å²) in [4.78, 5) is 28.8. The number of guanidine groups is 1. The zero-order chi connectivity index (χ0) is 18.8. The third-order valence-electron chi connectivity index (χ3n) is 2.51. The molecule has 0 unspecified atom stereocenters. The fraction of sp³-hybridized carbons (Fsp3) is 0.688. The Morgan fingerprint density at radius 2 is 1.68 bits per heavy atom. The highest BCUT2D eigenvalue weighted by Crippen LogP contribution is 2.05. The van der Waals surface area contributed by atoms with Gasteiger partial charge in [-0.1, -0.05) is 12.2 Å². The van der Waals surface area contributed by atoms with E-state index < -0.39 is 11.7 Å². The molecule has 0 atom stereocenters. The topological polar surface area (TPSA) is 95.1 Å². The monoisotopic (exact) mass is 469 g/mol. The van der Waals surface area contributed by atoms with Gasteiger partial charge in [-0.25, -0.2) is 9.79 Å². The molecule has 0 aromatic heterocycles. The first-order valence-corrected chi connectivity index (χ1v) is 7.85. The number of rotatable bonds is 7.